The minimum atomic E-state index is 0.371. The highest BCUT2D eigenvalue weighted by atomic mass is 32.2. The molecule has 1 saturated heterocycles. The van der Waals surface area contributed by atoms with Crippen LogP contribution < -0.4 is 0 Å². The van der Waals surface area contributed by atoms with Gasteiger partial charge in [-0.25, -0.2) is 4.99 Å². The third-order valence-corrected chi connectivity index (χ3v) is 8.72. The minimum Gasteiger partial charge on any atom is -0.361 e. The summed E-state index contributed by atoms with van der Waals surface area (Å²) < 4.78 is 6.09. The molecule has 0 bridgehead atoms. The SMILES string of the molecule is Cc1cc(CSC(=S)N2CC3(CCCC3)CSC2=Nc2ccccc2C(C)C)no1. The maximum atomic E-state index is 5.91. The summed E-state index contributed by atoms with van der Waals surface area (Å²) in [4.78, 5) is 7.42. The van der Waals surface area contributed by atoms with Crippen LogP contribution in [-0.4, -0.2) is 31.8 Å². The van der Waals surface area contributed by atoms with Gasteiger partial charge in [0.15, 0.2) is 5.17 Å². The Balaban J connectivity index is 1.58. The van der Waals surface area contributed by atoms with Crippen molar-refractivity contribution in [3.63, 3.8) is 0 Å². The zero-order chi connectivity index (χ0) is 21.1. The van der Waals surface area contributed by atoms with Gasteiger partial charge in [0.2, 0.25) is 0 Å². The van der Waals surface area contributed by atoms with E-state index in [1.165, 1.54) is 31.2 Å². The maximum Gasteiger partial charge on any atom is 0.169 e. The first kappa shape index (κ1) is 21.9. The molecule has 160 valence electrons. The van der Waals surface area contributed by atoms with Crippen LogP contribution in [0.1, 0.15) is 62.5 Å². The topological polar surface area (TPSA) is 41.6 Å². The molecule has 0 atom stereocenters. The molecule has 0 amide bonds. The van der Waals surface area contributed by atoms with Gasteiger partial charge < -0.3 is 9.42 Å². The third-order valence-electron chi connectivity index (χ3n) is 5.91. The average Bonchev–Trinajstić information content (AvgIpc) is 3.37. The summed E-state index contributed by atoms with van der Waals surface area (Å²) in [6, 6.07) is 10.4. The summed E-state index contributed by atoms with van der Waals surface area (Å²) in [5, 5.41) is 5.15. The number of aliphatic imine (C=N–C) groups is 1. The van der Waals surface area contributed by atoms with E-state index < -0.39 is 0 Å². The normalized spacial score (nSPS) is 19.9. The van der Waals surface area contributed by atoms with Crippen molar-refractivity contribution in [1.82, 2.24) is 10.1 Å². The summed E-state index contributed by atoms with van der Waals surface area (Å²) in [6.45, 7) is 7.34. The smallest absolute Gasteiger partial charge is 0.169 e. The third kappa shape index (κ3) is 4.94. The fraction of sp³-hybridized carbons (Fsp3) is 0.522. The highest BCUT2D eigenvalue weighted by Gasteiger charge is 2.41. The van der Waals surface area contributed by atoms with Crippen molar-refractivity contribution in [2.45, 2.75) is 58.1 Å². The minimum absolute atomic E-state index is 0.371. The van der Waals surface area contributed by atoms with E-state index in [0.717, 1.165) is 44.7 Å². The van der Waals surface area contributed by atoms with Crippen molar-refractivity contribution < 1.29 is 4.52 Å². The molecular formula is C23H29N3OS3. The number of rotatable bonds is 4. The molecule has 2 heterocycles. The first-order valence-corrected chi connectivity index (χ1v) is 13.0. The summed E-state index contributed by atoms with van der Waals surface area (Å²) in [5.41, 5.74) is 3.64. The van der Waals surface area contributed by atoms with E-state index in [-0.39, 0.29) is 0 Å². The van der Waals surface area contributed by atoms with Gasteiger partial charge in [-0.05, 0) is 42.7 Å². The molecule has 1 aromatic heterocycles. The summed E-state index contributed by atoms with van der Waals surface area (Å²) in [5.74, 6) is 3.13. The van der Waals surface area contributed by atoms with Gasteiger partial charge in [-0.2, -0.15) is 0 Å². The van der Waals surface area contributed by atoms with Gasteiger partial charge in [0.05, 0.1) is 11.4 Å². The molecule has 1 aliphatic carbocycles. The molecule has 0 unspecified atom stereocenters. The highest BCUT2D eigenvalue weighted by molar-refractivity contribution is 8.22. The van der Waals surface area contributed by atoms with E-state index in [2.05, 4.69) is 48.2 Å². The predicted molar refractivity (Wildman–Crippen MR) is 133 cm³/mol. The summed E-state index contributed by atoms with van der Waals surface area (Å²) in [7, 11) is 0. The Morgan fingerprint density at radius 2 is 2.10 bits per heavy atom. The molecule has 1 aliphatic heterocycles. The van der Waals surface area contributed by atoms with E-state index in [1.807, 2.05) is 24.8 Å². The predicted octanol–water partition coefficient (Wildman–Crippen LogP) is 6.92. The van der Waals surface area contributed by atoms with Crippen LogP contribution in [-0.2, 0) is 5.75 Å². The van der Waals surface area contributed by atoms with Gasteiger partial charge in [0, 0.05) is 24.1 Å². The molecule has 1 aromatic carbocycles. The van der Waals surface area contributed by atoms with Crippen LogP contribution in [0.3, 0.4) is 0 Å². The molecule has 0 N–H and O–H groups in total. The number of amidine groups is 1. The standard InChI is InChI=1S/C23H29N3OS3/c1-16(2)19-8-4-5-9-20(19)24-21-26(14-23(15-30-21)10-6-7-11-23)22(28)29-13-18-12-17(3)27-25-18/h4-5,8-9,12,16H,6-7,10-11,13-15H2,1-3H3. The van der Waals surface area contributed by atoms with Crippen molar-refractivity contribution in [3.8, 4) is 0 Å². The molecular weight excluding hydrogens is 430 g/mol. The lowest BCUT2D eigenvalue weighted by molar-refractivity contribution is 0.291. The number of para-hydroxylation sites is 1. The van der Waals surface area contributed by atoms with E-state index >= 15 is 0 Å². The van der Waals surface area contributed by atoms with E-state index in [0.29, 0.717) is 11.3 Å². The second kappa shape index (κ2) is 9.45. The molecule has 0 radical (unpaired) electrons. The van der Waals surface area contributed by atoms with E-state index in [9.17, 15) is 0 Å². The van der Waals surface area contributed by atoms with Crippen molar-refractivity contribution in [1.29, 1.82) is 0 Å². The lowest BCUT2D eigenvalue weighted by Crippen LogP contribution is -2.47. The number of thiocarbonyl (C=S) groups is 1. The number of nitrogens with zero attached hydrogens (tertiary/aromatic N) is 3. The van der Waals surface area contributed by atoms with Crippen molar-refractivity contribution in [2.24, 2.45) is 10.4 Å². The van der Waals surface area contributed by atoms with Gasteiger partial charge in [-0.1, -0.05) is 85.8 Å². The van der Waals surface area contributed by atoms with E-state index in [1.54, 1.807) is 11.8 Å². The number of benzene rings is 1. The van der Waals surface area contributed by atoms with Crippen LogP contribution in [0.4, 0.5) is 5.69 Å². The first-order valence-electron chi connectivity index (χ1n) is 10.6. The zero-order valence-electron chi connectivity index (χ0n) is 17.9. The van der Waals surface area contributed by atoms with Crippen LogP contribution in [0.2, 0.25) is 0 Å². The molecule has 4 rings (SSSR count). The van der Waals surface area contributed by atoms with Crippen LogP contribution in [0.25, 0.3) is 0 Å². The monoisotopic (exact) mass is 459 g/mol. The fourth-order valence-electron chi connectivity index (χ4n) is 4.29. The van der Waals surface area contributed by atoms with Crippen LogP contribution in [0, 0.1) is 12.3 Å². The average molecular weight is 460 g/mol. The Morgan fingerprint density at radius 3 is 2.80 bits per heavy atom. The zero-order valence-corrected chi connectivity index (χ0v) is 20.3. The summed E-state index contributed by atoms with van der Waals surface area (Å²) >= 11 is 9.45. The van der Waals surface area contributed by atoms with Crippen LogP contribution in [0.5, 0.6) is 0 Å². The van der Waals surface area contributed by atoms with Gasteiger partial charge in [0.25, 0.3) is 0 Å². The Morgan fingerprint density at radius 1 is 1.33 bits per heavy atom. The largest absolute Gasteiger partial charge is 0.361 e. The molecule has 4 nitrogen and oxygen atoms in total. The maximum absolute atomic E-state index is 5.91. The van der Waals surface area contributed by atoms with Crippen molar-refractivity contribution >= 4 is 50.9 Å². The summed E-state index contributed by atoms with van der Waals surface area (Å²) in [6.07, 6.45) is 5.24. The highest BCUT2D eigenvalue weighted by Crippen LogP contribution is 2.46. The second-order valence-corrected chi connectivity index (χ2v) is 11.2. The van der Waals surface area contributed by atoms with Crippen LogP contribution >= 0.6 is 35.7 Å². The number of aryl methyl sites for hydroxylation is 1. The fourth-order valence-corrected chi connectivity index (χ4v) is 6.73. The molecule has 30 heavy (non-hydrogen) atoms. The van der Waals surface area contributed by atoms with Crippen LogP contribution in [0.15, 0.2) is 39.8 Å². The van der Waals surface area contributed by atoms with Gasteiger partial charge in [0.1, 0.15) is 10.1 Å². The van der Waals surface area contributed by atoms with Crippen molar-refractivity contribution in [3.05, 3.63) is 47.3 Å². The lowest BCUT2D eigenvalue weighted by Gasteiger charge is -2.41. The Hall–Kier alpha value is -1.31. The quantitative estimate of drug-likeness (QED) is 0.462. The van der Waals surface area contributed by atoms with Gasteiger partial charge in [-0.3, -0.25) is 0 Å². The molecule has 1 saturated carbocycles. The Labute approximate surface area is 193 Å². The molecule has 2 fully saturated rings. The number of aromatic nitrogens is 1. The first-order chi connectivity index (χ1) is 14.5. The Kier molecular flexibility index (Phi) is 6.90. The molecule has 1 spiro atoms. The van der Waals surface area contributed by atoms with Gasteiger partial charge in [-0.15, -0.1) is 0 Å². The lowest BCUT2D eigenvalue weighted by atomic mass is 9.88. The second-order valence-electron chi connectivity index (χ2n) is 8.67. The van der Waals surface area contributed by atoms with Crippen molar-refractivity contribution in [2.75, 3.05) is 12.3 Å². The number of thioether (sulfide) groups is 2. The molecule has 7 heteroatoms. The molecule has 2 aromatic rings. The van der Waals surface area contributed by atoms with Gasteiger partial charge >= 0.3 is 0 Å². The van der Waals surface area contributed by atoms with E-state index in [4.69, 9.17) is 21.7 Å². The number of hydrogen-bond acceptors (Lipinski definition) is 6. The Bertz CT molecular complexity index is 931. The molecule has 2 aliphatic rings. The number of hydrogen-bond donors (Lipinski definition) is 0.